The fourth-order valence-electron chi connectivity index (χ4n) is 1.84. The largest absolute Gasteiger partial charge is 0.550 e. The van der Waals surface area contributed by atoms with Gasteiger partial charge in [0.1, 0.15) is 0 Å². The van der Waals surface area contributed by atoms with Crippen LogP contribution in [-0.4, -0.2) is 5.97 Å². The molecule has 104 valence electrons. The molecule has 0 aliphatic rings. The van der Waals surface area contributed by atoms with Crippen molar-refractivity contribution in [3.8, 4) is 0 Å². The molecule has 0 saturated carbocycles. The van der Waals surface area contributed by atoms with Gasteiger partial charge in [0.2, 0.25) is 0 Å². The molecule has 0 aromatic carbocycles. The molecule has 2 heteroatoms. The van der Waals surface area contributed by atoms with Gasteiger partial charge in [0.25, 0.3) is 0 Å². The Bertz CT molecular complexity index is 300. The number of carboxylic acids is 1. The SMILES string of the molecule is CCC/C(C)=C/CC/C(C)=C/CCC(C)C(=O)[O-]. The average Bonchev–Trinajstić information content (AvgIpc) is 2.29. The van der Waals surface area contributed by atoms with Gasteiger partial charge in [-0.2, -0.15) is 0 Å². The summed E-state index contributed by atoms with van der Waals surface area (Å²) in [5.41, 5.74) is 2.82. The summed E-state index contributed by atoms with van der Waals surface area (Å²) in [6.45, 7) is 8.20. The van der Waals surface area contributed by atoms with Gasteiger partial charge < -0.3 is 9.90 Å². The summed E-state index contributed by atoms with van der Waals surface area (Å²) in [6.07, 6.45) is 10.5. The Hall–Kier alpha value is -1.05. The van der Waals surface area contributed by atoms with Crippen molar-refractivity contribution in [3.05, 3.63) is 23.3 Å². The van der Waals surface area contributed by atoms with Gasteiger partial charge in [0.05, 0.1) is 0 Å². The highest BCUT2D eigenvalue weighted by Crippen LogP contribution is 2.12. The molecule has 2 nitrogen and oxygen atoms in total. The van der Waals surface area contributed by atoms with Crippen LogP contribution in [0, 0.1) is 5.92 Å². The summed E-state index contributed by atoms with van der Waals surface area (Å²) < 4.78 is 0. The molecule has 1 unspecified atom stereocenters. The van der Waals surface area contributed by atoms with E-state index in [4.69, 9.17) is 0 Å². The molecule has 0 N–H and O–H groups in total. The van der Waals surface area contributed by atoms with E-state index in [1.54, 1.807) is 6.92 Å². The number of carboxylic acid groups (broad SMARTS) is 1. The Balaban J connectivity index is 3.85. The molecule has 0 spiro atoms. The van der Waals surface area contributed by atoms with Gasteiger partial charge >= 0.3 is 0 Å². The van der Waals surface area contributed by atoms with Crippen molar-refractivity contribution >= 4 is 5.97 Å². The standard InChI is InChI=1S/C16H28O2/c1-5-8-13(2)9-6-10-14(3)11-7-12-15(4)16(17)18/h9,11,15H,5-8,10,12H2,1-4H3,(H,17,18)/p-1/b13-9+,14-11+. The average molecular weight is 251 g/mol. The first-order valence-electron chi connectivity index (χ1n) is 6.99. The van der Waals surface area contributed by atoms with Gasteiger partial charge in [0.15, 0.2) is 0 Å². The number of hydrogen-bond acceptors (Lipinski definition) is 2. The first-order valence-corrected chi connectivity index (χ1v) is 6.99. The fourth-order valence-corrected chi connectivity index (χ4v) is 1.84. The lowest BCUT2D eigenvalue weighted by Gasteiger charge is -2.10. The summed E-state index contributed by atoms with van der Waals surface area (Å²) in [5, 5.41) is 10.5. The van der Waals surface area contributed by atoms with E-state index in [0.717, 1.165) is 19.3 Å². The molecule has 0 aromatic rings. The zero-order chi connectivity index (χ0) is 14.0. The van der Waals surface area contributed by atoms with E-state index in [0.29, 0.717) is 6.42 Å². The van der Waals surface area contributed by atoms with Crippen LogP contribution in [0.5, 0.6) is 0 Å². The van der Waals surface area contributed by atoms with Crippen LogP contribution in [0.25, 0.3) is 0 Å². The Morgan fingerprint density at radius 3 is 2.22 bits per heavy atom. The summed E-state index contributed by atoms with van der Waals surface area (Å²) in [7, 11) is 0. The van der Waals surface area contributed by atoms with Crippen LogP contribution in [0.1, 0.15) is 66.2 Å². The molecule has 0 aliphatic carbocycles. The van der Waals surface area contributed by atoms with Crippen molar-refractivity contribution in [2.75, 3.05) is 0 Å². The van der Waals surface area contributed by atoms with Crippen molar-refractivity contribution in [1.29, 1.82) is 0 Å². The maximum atomic E-state index is 10.5. The van der Waals surface area contributed by atoms with Gasteiger partial charge in [-0.15, -0.1) is 0 Å². The molecule has 1 atom stereocenters. The molecule has 0 rings (SSSR count). The molecule has 0 amide bonds. The van der Waals surface area contributed by atoms with Crippen LogP contribution in [0.3, 0.4) is 0 Å². The quantitative estimate of drug-likeness (QED) is 0.587. The Labute approximate surface area is 112 Å². The molecule has 0 aromatic heterocycles. The second-order valence-corrected chi connectivity index (χ2v) is 5.19. The van der Waals surface area contributed by atoms with Crippen LogP contribution in [-0.2, 0) is 4.79 Å². The highest BCUT2D eigenvalue weighted by Gasteiger charge is 2.00. The normalized spacial score (nSPS) is 14.7. The van der Waals surface area contributed by atoms with Gasteiger partial charge in [-0.25, -0.2) is 0 Å². The Morgan fingerprint density at radius 2 is 1.67 bits per heavy atom. The summed E-state index contributed by atoms with van der Waals surface area (Å²) in [4.78, 5) is 10.5. The summed E-state index contributed by atoms with van der Waals surface area (Å²) in [5.74, 6) is -1.29. The van der Waals surface area contributed by atoms with E-state index in [1.807, 2.05) is 0 Å². The lowest BCUT2D eigenvalue weighted by atomic mass is 10.0. The molecular formula is C16H27O2-. The highest BCUT2D eigenvalue weighted by molar-refractivity contribution is 5.66. The second-order valence-electron chi connectivity index (χ2n) is 5.19. The third-order valence-corrected chi connectivity index (χ3v) is 3.17. The van der Waals surface area contributed by atoms with Crippen molar-refractivity contribution in [3.63, 3.8) is 0 Å². The lowest BCUT2D eigenvalue weighted by molar-refractivity contribution is -0.311. The molecule has 0 radical (unpaired) electrons. The first kappa shape index (κ1) is 16.9. The monoisotopic (exact) mass is 251 g/mol. The predicted molar refractivity (Wildman–Crippen MR) is 75.1 cm³/mol. The van der Waals surface area contributed by atoms with E-state index < -0.39 is 5.97 Å². The number of allylic oxidation sites excluding steroid dienone is 4. The first-order chi connectivity index (χ1) is 8.47. The molecule has 0 bridgehead atoms. The molecule has 18 heavy (non-hydrogen) atoms. The zero-order valence-corrected chi connectivity index (χ0v) is 12.3. The molecular weight excluding hydrogens is 224 g/mol. The Kier molecular flexibility index (Phi) is 9.35. The number of hydrogen-bond donors (Lipinski definition) is 0. The van der Waals surface area contributed by atoms with Crippen LogP contribution >= 0.6 is 0 Å². The smallest absolute Gasteiger partial charge is 0.0442 e. The zero-order valence-electron chi connectivity index (χ0n) is 12.3. The van der Waals surface area contributed by atoms with Crippen LogP contribution in [0.2, 0.25) is 0 Å². The predicted octanol–water partition coefficient (Wildman–Crippen LogP) is 3.63. The van der Waals surface area contributed by atoms with Crippen molar-refractivity contribution in [2.45, 2.75) is 66.2 Å². The topological polar surface area (TPSA) is 40.1 Å². The molecule has 0 saturated heterocycles. The lowest BCUT2D eigenvalue weighted by Crippen LogP contribution is -2.29. The highest BCUT2D eigenvalue weighted by atomic mass is 16.4. The van der Waals surface area contributed by atoms with Gasteiger partial charge in [-0.3, -0.25) is 0 Å². The van der Waals surface area contributed by atoms with Gasteiger partial charge in [-0.1, -0.05) is 43.6 Å². The van der Waals surface area contributed by atoms with E-state index in [2.05, 4.69) is 32.9 Å². The maximum absolute atomic E-state index is 10.5. The minimum atomic E-state index is -0.945. The summed E-state index contributed by atoms with van der Waals surface area (Å²) in [6, 6.07) is 0. The van der Waals surface area contributed by atoms with Crippen molar-refractivity contribution < 1.29 is 9.90 Å². The third kappa shape index (κ3) is 9.03. The van der Waals surface area contributed by atoms with Gasteiger partial charge in [-0.05, 0) is 51.9 Å². The minimum absolute atomic E-state index is 0.347. The number of carbonyl (C=O) groups excluding carboxylic acids is 1. The van der Waals surface area contributed by atoms with E-state index >= 15 is 0 Å². The Morgan fingerprint density at radius 1 is 1.11 bits per heavy atom. The third-order valence-electron chi connectivity index (χ3n) is 3.17. The van der Waals surface area contributed by atoms with E-state index in [1.165, 1.54) is 24.0 Å². The van der Waals surface area contributed by atoms with Crippen molar-refractivity contribution in [2.24, 2.45) is 5.92 Å². The summed E-state index contributed by atoms with van der Waals surface area (Å²) >= 11 is 0. The van der Waals surface area contributed by atoms with Crippen LogP contribution < -0.4 is 5.11 Å². The maximum Gasteiger partial charge on any atom is 0.0442 e. The number of carbonyl (C=O) groups is 1. The van der Waals surface area contributed by atoms with Gasteiger partial charge in [0, 0.05) is 5.97 Å². The molecule has 0 aliphatic heterocycles. The van der Waals surface area contributed by atoms with Crippen molar-refractivity contribution in [1.82, 2.24) is 0 Å². The van der Waals surface area contributed by atoms with Crippen LogP contribution in [0.4, 0.5) is 0 Å². The van der Waals surface area contributed by atoms with Crippen LogP contribution in [0.15, 0.2) is 23.3 Å². The number of aliphatic carboxylic acids is 1. The second kappa shape index (κ2) is 9.93. The van der Waals surface area contributed by atoms with E-state index in [-0.39, 0.29) is 5.92 Å². The fraction of sp³-hybridized carbons (Fsp3) is 0.688. The molecule has 0 heterocycles. The minimum Gasteiger partial charge on any atom is -0.550 e. The number of rotatable bonds is 9. The van der Waals surface area contributed by atoms with E-state index in [9.17, 15) is 9.90 Å². The molecule has 0 fully saturated rings.